The van der Waals surface area contributed by atoms with E-state index in [4.69, 9.17) is 0 Å². The molecule has 2 aromatic carbocycles. The summed E-state index contributed by atoms with van der Waals surface area (Å²) in [5.41, 5.74) is -11.2. The first-order valence-corrected chi connectivity index (χ1v) is 8.23. The molecule has 34 heavy (non-hydrogen) atoms. The summed E-state index contributed by atoms with van der Waals surface area (Å²) < 4.78 is 155. The summed E-state index contributed by atoms with van der Waals surface area (Å²) in [6, 6.07) is -1.05. The van der Waals surface area contributed by atoms with Gasteiger partial charge in [-0.15, -0.1) is 0 Å². The van der Waals surface area contributed by atoms with Crippen molar-refractivity contribution in [2.45, 2.75) is 24.7 Å². The lowest BCUT2D eigenvalue weighted by molar-refractivity contribution is -0.189. The smallest absolute Gasteiger partial charge is 0.241 e. The lowest BCUT2D eigenvalue weighted by atomic mass is 10.0. The van der Waals surface area contributed by atoms with E-state index in [1.54, 1.807) is 0 Å². The fourth-order valence-electron chi connectivity index (χ4n) is 2.44. The highest BCUT2D eigenvalue weighted by Gasteiger charge is 2.41. The zero-order valence-corrected chi connectivity index (χ0v) is 15.6. The molecule has 0 saturated carbocycles. The molecular formula is C18H6F12O4. The van der Waals surface area contributed by atoms with Crippen LogP contribution in [0.3, 0.4) is 0 Å². The quantitative estimate of drug-likeness (QED) is 0.255. The topological polar surface area (TPSA) is 52.6 Å². The molecule has 186 valence electrons. The van der Waals surface area contributed by atoms with Crippen LogP contribution in [0.15, 0.2) is 36.4 Å². The van der Waals surface area contributed by atoms with Crippen LogP contribution in [-0.4, -0.2) is 11.9 Å². The fourth-order valence-corrected chi connectivity index (χ4v) is 2.44. The predicted octanol–water partition coefficient (Wildman–Crippen LogP) is 6.69. The zero-order valence-electron chi connectivity index (χ0n) is 15.6. The Labute approximate surface area is 179 Å². The van der Waals surface area contributed by atoms with Crippen LogP contribution in [0.25, 0.3) is 0 Å². The largest absolute Gasteiger partial charge is 0.417 e. The number of halogens is 12. The second-order valence-electron chi connectivity index (χ2n) is 6.25. The third-order valence-electron chi connectivity index (χ3n) is 3.94. The highest BCUT2D eigenvalue weighted by Crippen LogP contribution is 2.38. The molecule has 0 radical (unpaired) electrons. The number of rotatable bonds is 2. The van der Waals surface area contributed by atoms with Crippen molar-refractivity contribution in [2.75, 3.05) is 0 Å². The van der Waals surface area contributed by atoms with Crippen molar-refractivity contribution in [2.24, 2.45) is 0 Å². The van der Waals surface area contributed by atoms with Gasteiger partial charge in [0.2, 0.25) is 0 Å². The SMILES string of the molecule is O=C(OOC(=O)c1cc(C(F)(F)F)ccc1C(F)(F)F)c1cc(C(F)(F)F)ccc1C(F)(F)F. The molecule has 0 spiro atoms. The van der Waals surface area contributed by atoms with Crippen molar-refractivity contribution in [1.29, 1.82) is 0 Å². The molecule has 0 fully saturated rings. The minimum atomic E-state index is -5.42. The highest BCUT2D eigenvalue weighted by molar-refractivity contribution is 5.94. The van der Waals surface area contributed by atoms with E-state index in [2.05, 4.69) is 9.78 Å². The van der Waals surface area contributed by atoms with Crippen molar-refractivity contribution in [3.05, 3.63) is 69.8 Å². The Morgan fingerprint density at radius 3 is 1.03 bits per heavy atom. The van der Waals surface area contributed by atoms with Crippen LogP contribution in [0.5, 0.6) is 0 Å². The number of carbonyl (C=O) groups excluding carboxylic acids is 2. The maximum absolute atomic E-state index is 13.0. The fraction of sp³-hybridized carbons (Fsp3) is 0.222. The Hall–Kier alpha value is -3.46. The molecule has 2 aromatic rings. The molecule has 0 bridgehead atoms. The van der Waals surface area contributed by atoms with E-state index in [0.717, 1.165) is 0 Å². The predicted molar refractivity (Wildman–Crippen MR) is 83.7 cm³/mol. The Bertz CT molecular complexity index is 1010. The van der Waals surface area contributed by atoms with E-state index in [0.29, 0.717) is 0 Å². The summed E-state index contributed by atoms with van der Waals surface area (Å²) in [6.45, 7) is 0. The standard InChI is InChI=1S/C18H6F12O4/c19-15(20,21)7-1-3-11(17(25,26)27)9(5-7)13(31)33-34-14(32)10-6-8(16(22,23)24)2-4-12(10)18(28,29)30/h1-6H. The van der Waals surface area contributed by atoms with Gasteiger partial charge in [0.05, 0.1) is 33.4 Å². The van der Waals surface area contributed by atoms with E-state index in [1.165, 1.54) is 0 Å². The summed E-state index contributed by atoms with van der Waals surface area (Å²) >= 11 is 0. The van der Waals surface area contributed by atoms with Gasteiger partial charge in [-0.3, -0.25) is 0 Å². The number of alkyl halides is 12. The van der Waals surface area contributed by atoms with E-state index in [9.17, 15) is 62.3 Å². The van der Waals surface area contributed by atoms with E-state index in [-0.39, 0.29) is 36.4 Å². The van der Waals surface area contributed by atoms with Crippen LogP contribution in [0.2, 0.25) is 0 Å². The number of hydrogen-bond acceptors (Lipinski definition) is 4. The molecule has 0 aliphatic rings. The third kappa shape index (κ3) is 6.11. The molecule has 0 saturated heterocycles. The second-order valence-corrected chi connectivity index (χ2v) is 6.25. The normalized spacial score (nSPS) is 12.9. The maximum Gasteiger partial charge on any atom is 0.417 e. The summed E-state index contributed by atoms with van der Waals surface area (Å²) in [4.78, 5) is 31.0. The molecule has 2 rings (SSSR count). The van der Waals surface area contributed by atoms with Gasteiger partial charge < -0.3 is 0 Å². The molecule has 0 aliphatic heterocycles. The molecule has 0 atom stereocenters. The Morgan fingerprint density at radius 2 is 0.794 bits per heavy atom. The molecule has 0 amide bonds. The zero-order chi connectivity index (χ0) is 26.3. The van der Waals surface area contributed by atoms with Gasteiger partial charge in [-0.1, -0.05) is 0 Å². The van der Waals surface area contributed by atoms with Crippen LogP contribution in [0, 0.1) is 0 Å². The molecule has 0 unspecified atom stereocenters. The monoisotopic (exact) mass is 514 g/mol. The molecule has 16 heteroatoms. The third-order valence-corrected chi connectivity index (χ3v) is 3.94. The van der Waals surface area contributed by atoms with Crippen LogP contribution in [0.1, 0.15) is 43.0 Å². The summed E-state index contributed by atoms with van der Waals surface area (Å²) in [6.07, 6.45) is -21.3. The van der Waals surface area contributed by atoms with Gasteiger partial charge >= 0.3 is 36.6 Å². The van der Waals surface area contributed by atoms with Gasteiger partial charge in [-0.2, -0.15) is 52.7 Å². The van der Waals surface area contributed by atoms with Crippen molar-refractivity contribution in [1.82, 2.24) is 0 Å². The van der Waals surface area contributed by atoms with E-state index < -0.39 is 70.0 Å². The summed E-state index contributed by atoms with van der Waals surface area (Å²) in [7, 11) is 0. The molecule has 0 N–H and O–H groups in total. The van der Waals surface area contributed by atoms with Crippen LogP contribution < -0.4 is 0 Å². The summed E-state index contributed by atoms with van der Waals surface area (Å²) in [5.74, 6) is -4.79. The highest BCUT2D eigenvalue weighted by atomic mass is 19.4. The van der Waals surface area contributed by atoms with Crippen molar-refractivity contribution in [3.63, 3.8) is 0 Å². The van der Waals surface area contributed by atoms with Crippen molar-refractivity contribution in [3.8, 4) is 0 Å². The van der Waals surface area contributed by atoms with E-state index in [1.807, 2.05) is 0 Å². The van der Waals surface area contributed by atoms with Crippen LogP contribution in [0.4, 0.5) is 52.7 Å². The van der Waals surface area contributed by atoms with Gasteiger partial charge in [-0.05, 0) is 36.4 Å². The second kappa shape index (κ2) is 8.72. The molecule has 4 nitrogen and oxygen atoms in total. The van der Waals surface area contributed by atoms with Gasteiger partial charge in [0.1, 0.15) is 0 Å². The molecule has 0 aromatic heterocycles. The van der Waals surface area contributed by atoms with E-state index >= 15 is 0 Å². The van der Waals surface area contributed by atoms with Crippen molar-refractivity contribution < 1.29 is 72.0 Å². The van der Waals surface area contributed by atoms with Crippen LogP contribution in [-0.2, 0) is 34.5 Å². The lowest BCUT2D eigenvalue weighted by Gasteiger charge is -2.15. The maximum atomic E-state index is 13.0. The Morgan fingerprint density at radius 1 is 0.500 bits per heavy atom. The average Bonchev–Trinajstić information content (AvgIpc) is 2.68. The lowest BCUT2D eigenvalue weighted by Crippen LogP contribution is -2.21. The van der Waals surface area contributed by atoms with Crippen molar-refractivity contribution >= 4 is 11.9 Å². The van der Waals surface area contributed by atoms with Crippen LogP contribution >= 0.6 is 0 Å². The molecule has 0 aliphatic carbocycles. The number of hydrogen-bond donors (Lipinski definition) is 0. The average molecular weight is 514 g/mol. The number of carbonyl (C=O) groups is 2. The molecular weight excluding hydrogens is 508 g/mol. The Balaban J connectivity index is 2.42. The first-order chi connectivity index (χ1) is 15.2. The van der Waals surface area contributed by atoms with Gasteiger partial charge in [0, 0.05) is 0 Å². The summed E-state index contributed by atoms with van der Waals surface area (Å²) in [5, 5.41) is 0. The molecule has 0 heterocycles. The van der Waals surface area contributed by atoms with Gasteiger partial charge in [0.25, 0.3) is 0 Å². The first kappa shape index (κ1) is 26.8. The minimum absolute atomic E-state index is 0.0378. The van der Waals surface area contributed by atoms with Gasteiger partial charge in [0.15, 0.2) is 0 Å². The minimum Gasteiger partial charge on any atom is -0.241 e. The number of benzene rings is 2. The Kier molecular flexibility index (Phi) is 6.87. The van der Waals surface area contributed by atoms with Gasteiger partial charge in [-0.25, -0.2) is 19.4 Å². The first-order valence-electron chi connectivity index (χ1n) is 8.23.